The maximum Gasteiger partial charge on any atom is 0.235 e. The molecule has 1 amide bonds. The molecule has 1 aliphatic rings. The summed E-state index contributed by atoms with van der Waals surface area (Å²) >= 11 is 0. The van der Waals surface area contributed by atoms with Crippen molar-refractivity contribution in [2.75, 3.05) is 39.5 Å². The van der Waals surface area contributed by atoms with Crippen molar-refractivity contribution in [3.8, 4) is 0 Å². The Morgan fingerprint density at radius 1 is 1.37 bits per heavy atom. The number of likely N-dealkylation sites (N-methyl/N-ethyl adjacent to an activating group) is 1. The van der Waals surface area contributed by atoms with Crippen LogP contribution in [0.4, 0.5) is 0 Å². The van der Waals surface area contributed by atoms with Gasteiger partial charge in [-0.25, -0.2) is 8.42 Å². The lowest BCUT2D eigenvalue weighted by molar-refractivity contribution is -0.121. The second-order valence-electron chi connectivity index (χ2n) is 5.36. The molecule has 19 heavy (non-hydrogen) atoms. The molecule has 0 spiro atoms. The number of carbonyl (C=O) groups excluding carboxylic acids is 1. The van der Waals surface area contributed by atoms with Gasteiger partial charge in [-0.05, 0) is 31.3 Å². The Hall–Kier alpha value is -0.370. The smallest absolute Gasteiger partial charge is 0.235 e. The lowest BCUT2D eigenvalue weighted by Gasteiger charge is -2.34. The second-order valence-corrected chi connectivity index (χ2v) is 7.45. The normalized spacial score (nSPS) is 18.7. The van der Waals surface area contributed by atoms with Crippen molar-refractivity contribution in [1.29, 1.82) is 0 Å². The van der Waals surface area contributed by atoms with Gasteiger partial charge in [0, 0.05) is 13.6 Å². The minimum absolute atomic E-state index is 0. The maximum absolute atomic E-state index is 11.7. The predicted molar refractivity (Wildman–Crippen MR) is 77.9 cm³/mol. The van der Waals surface area contributed by atoms with Crippen molar-refractivity contribution in [2.24, 2.45) is 5.41 Å². The van der Waals surface area contributed by atoms with Crippen LogP contribution in [0.2, 0.25) is 0 Å². The summed E-state index contributed by atoms with van der Waals surface area (Å²) < 4.78 is 23.4. The molecule has 0 aromatic rings. The summed E-state index contributed by atoms with van der Waals surface area (Å²) in [7, 11) is -1.89. The van der Waals surface area contributed by atoms with E-state index in [9.17, 15) is 13.2 Å². The average molecular weight is 314 g/mol. The van der Waals surface area contributed by atoms with Gasteiger partial charge in [-0.3, -0.25) is 4.79 Å². The number of hydrogen-bond donors (Lipinski definition) is 2. The van der Waals surface area contributed by atoms with Crippen molar-refractivity contribution in [3.05, 3.63) is 0 Å². The van der Waals surface area contributed by atoms with E-state index < -0.39 is 10.0 Å². The number of halogens is 1. The van der Waals surface area contributed by atoms with Crippen LogP contribution in [0.1, 0.15) is 19.8 Å². The number of nitrogens with zero attached hydrogens (tertiary/aromatic N) is 1. The molecule has 0 aromatic heterocycles. The summed E-state index contributed by atoms with van der Waals surface area (Å²) in [6, 6.07) is 0. The zero-order valence-electron chi connectivity index (χ0n) is 11.7. The monoisotopic (exact) mass is 313 g/mol. The van der Waals surface area contributed by atoms with Crippen LogP contribution < -0.4 is 10.6 Å². The molecule has 1 rings (SSSR count). The van der Waals surface area contributed by atoms with E-state index in [0.29, 0.717) is 6.54 Å². The van der Waals surface area contributed by atoms with Crippen molar-refractivity contribution >= 4 is 28.3 Å². The zero-order chi connectivity index (χ0) is 13.8. The molecular formula is C11H24ClN3O3S. The van der Waals surface area contributed by atoms with E-state index in [-0.39, 0.29) is 30.3 Å². The van der Waals surface area contributed by atoms with Gasteiger partial charge in [0.05, 0.1) is 12.8 Å². The van der Waals surface area contributed by atoms with Gasteiger partial charge in [-0.15, -0.1) is 12.4 Å². The Kier molecular flexibility index (Phi) is 7.28. The molecule has 0 atom stereocenters. The molecule has 1 fully saturated rings. The third-order valence-corrected chi connectivity index (χ3v) is 4.72. The number of amides is 1. The summed E-state index contributed by atoms with van der Waals surface area (Å²) in [6.45, 7) is 4.57. The molecule has 0 aliphatic carbocycles. The van der Waals surface area contributed by atoms with Crippen LogP contribution >= 0.6 is 12.4 Å². The molecule has 1 aliphatic heterocycles. The molecule has 6 nitrogen and oxygen atoms in total. The SMILES string of the molecule is CN(CC(=O)NCC1(C)CCNCC1)S(C)(=O)=O.Cl. The third-order valence-electron chi connectivity index (χ3n) is 3.46. The first-order valence-corrected chi connectivity index (χ1v) is 7.96. The van der Waals surface area contributed by atoms with E-state index in [1.54, 1.807) is 0 Å². The highest BCUT2D eigenvalue weighted by Gasteiger charge is 2.27. The average Bonchev–Trinajstić information content (AvgIpc) is 2.26. The van der Waals surface area contributed by atoms with E-state index in [4.69, 9.17) is 0 Å². The molecule has 0 aromatic carbocycles. The topological polar surface area (TPSA) is 78.5 Å². The standard InChI is InChI=1S/C11H23N3O3S.ClH/c1-11(4-6-12-7-5-11)9-13-10(15)8-14(2)18(3,16)17;/h12H,4-9H2,1-3H3,(H,13,15);1H. The van der Waals surface area contributed by atoms with Crippen LogP contribution in [-0.4, -0.2) is 58.1 Å². The predicted octanol–water partition coefficient (Wildman–Crippen LogP) is -0.194. The van der Waals surface area contributed by atoms with Crippen LogP contribution in [0.5, 0.6) is 0 Å². The van der Waals surface area contributed by atoms with Crippen LogP contribution in [-0.2, 0) is 14.8 Å². The maximum atomic E-state index is 11.7. The first-order chi connectivity index (χ1) is 8.23. The number of piperidine rings is 1. The lowest BCUT2D eigenvalue weighted by Crippen LogP contribution is -2.45. The van der Waals surface area contributed by atoms with Crippen LogP contribution in [0.3, 0.4) is 0 Å². The summed E-state index contributed by atoms with van der Waals surface area (Å²) in [6.07, 6.45) is 3.14. The molecule has 8 heteroatoms. The van der Waals surface area contributed by atoms with Crippen LogP contribution in [0.15, 0.2) is 0 Å². The number of carbonyl (C=O) groups is 1. The Morgan fingerprint density at radius 2 is 1.89 bits per heavy atom. The Bertz CT molecular complexity index is 394. The Morgan fingerprint density at radius 3 is 2.37 bits per heavy atom. The molecule has 1 heterocycles. The number of sulfonamides is 1. The third kappa shape index (κ3) is 6.56. The molecule has 1 saturated heterocycles. The molecule has 0 radical (unpaired) electrons. The summed E-state index contributed by atoms with van der Waals surface area (Å²) in [4.78, 5) is 11.7. The van der Waals surface area contributed by atoms with Gasteiger partial charge >= 0.3 is 0 Å². The Balaban J connectivity index is 0.00000324. The highest BCUT2D eigenvalue weighted by molar-refractivity contribution is 7.88. The van der Waals surface area contributed by atoms with Gasteiger partial charge in [-0.2, -0.15) is 4.31 Å². The van der Waals surface area contributed by atoms with E-state index in [1.165, 1.54) is 7.05 Å². The molecule has 2 N–H and O–H groups in total. The fourth-order valence-corrected chi connectivity index (χ4v) is 2.25. The van der Waals surface area contributed by atoms with Crippen molar-refractivity contribution in [1.82, 2.24) is 14.9 Å². The largest absolute Gasteiger partial charge is 0.354 e. The van der Waals surface area contributed by atoms with Crippen LogP contribution in [0.25, 0.3) is 0 Å². The van der Waals surface area contributed by atoms with E-state index in [2.05, 4.69) is 17.6 Å². The highest BCUT2D eigenvalue weighted by Crippen LogP contribution is 2.26. The van der Waals surface area contributed by atoms with E-state index >= 15 is 0 Å². The highest BCUT2D eigenvalue weighted by atomic mass is 35.5. The lowest BCUT2D eigenvalue weighted by atomic mass is 9.81. The van der Waals surface area contributed by atoms with Gasteiger partial charge in [0.15, 0.2) is 0 Å². The first-order valence-electron chi connectivity index (χ1n) is 6.12. The summed E-state index contributed by atoms with van der Waals surface area (Å²) in [5, 5.41) is 6.10. The number of rotatable bonds is 5. The van der Waals surface area contributed by atoms with Gasteiger partial charge < -0.3 is 10.6 Å². The van der Waals surface area contributed by atoms with Gasteiger partial charge in [-0.1, -0.05) is 6.92 Å². The van der Waals surface area contributed by atoms with E-state index in [1.807, 2.05) is 0 Å². The molecular weight excluding hydrogens is 290 g/mol. The second kappa shape index (κ2) is 7.42. The molecule has 0 saturated carbocycles. The van der Waals surface area contributed by atoms with Crippen molar-refractivity contribution < 1.29 is 13.2 Å². The number of hydrogen-bond acceptors (Lipinski definition) is 4. The Labute approximate surface area is 121 Å². The van der Waals surface area contributed by atoms with Crippen molar-refractivity contribution in [3.63, 3.8) is 0 Å². The fraction of sp³-hybridized carbons (Fsp3) is 0.909. The molecule has 0 unspecified atom stereocenters. The number of nitrogens with one attached hydrogen (secondary N) is 2. The minimum atomic E-state index is -3.29. The molecule has 114 valence electrons. The van der Waals surface area contributed by atoms with Gasteiger partial charge in [0.2, 0.25) is 15.9 Å². The molecule has 0 bridgehead atoms. The van der Waals surface area contributed by atoms with Gasteiger partial charge in [0.25, 0.3) is 0 Å². The fourth-order valence-electron chi connectivity index (χ4n) is 1.89. The quantitative estimate of drug-likeness (QED) is 0.737. The first kappa shape index (κ1) is 18.6. The van der Waals surface area contributed by atoms with Crippen LogP contribution in [0, 0.1) is 5.41 Å². The van der Waals surface area contributed by atoms with E-state index in [0.717, 1.165) is 36.5 Å². The summed E-state index contributed by atoms with van der Waals surface area (Å²) in [5.74, 6) is -0.248. The van der Waals surface area contributed by atoms with Gasteiger partial charge in [0.1, 0.15) is 0 Å². The minimum Gasteiger partial charge on any atom is -0.354 e. The van der Waals surface area contributed by atoms with Crippen molar-refractivity contribution in [2.45, 2.75) is 19.8 Å². The summed E-state index contributed by atoms with van der Waals surface area (Å²) in [5.41, 5.74) is 0.116. The zero-order valence-corrected chi connectivity index (χ0v) is 13.4.